The maximum Gasteiger partial charge on any atom is 0.273 e. The summed E-state index contributed by atoms with van der Waals surface area (Å²) in [6.45, 7) is 4.31. The maximum absolute atomic E-state index is 10.7. The number of benzene rings is 1. The fraction of sp³-hybridized carbons (Fsp3) is 0.455. The molecule has 1 rings (SSSR count). The molecular formula is C11H15BrN2O3. The second-order valence-electron chi connectivity index (χ2n) is 3.80. The van der Waals surface area contributed by atoms with Gasteiger partial charge >= 0.3 is 0 Å². The van der Waals surface area contributed by atoms with Crippen molar-refractivity contribution in [1.82, 2.24) is 0 Å². The Balaban J connectivity index is 2.88. The Hall–Kier alpha value is -1.14. The van der Waals surface area contributed by atoms with Crippen LogP contribution in [0.5, 0.6) is 0 Å². The lowest BCUT2D eigenvalue weighted by Crippen LogP contribution is -2.18. The molecule has 0 heterocycles. The molecule has 0 fully saturated rings. The summed E-state index contributed by atoms with van der Waals surface area (Å²) in [4.78, 5) is 10.4. The van der Waals surface area contributed by atoms with Gasteiger partial charge in [-0.1, -0.05) is 0 Å². The van der Waals surface area contributed by atoms with Crippen molar-refractivity contribution in [3.05, 3.63) is 32.3 Å². The van der Waals surface area contributed by atoms with Crippen LogP contribution < -0.4 is 5.32 Å². The van der Waals surface area contributed by atoms with Gasteiger partial charge in [0.2, 0.25) is 0 Å². The monoisotopic (exact) mass is 302 g/mol. The van der Waals surface area contributed by atoms with E-state index in [0.29, 0.717) is 16.6 Å². The van der Waals surface area contributed by atoms with Gasteiger partial charge in [0.05, 0.1) is 11.0 Å². The molecule has 94 valence electrons. The van der Waals surface area contributed by atoms with Gasteiger partial charge in [0.25, 0.3) is 5.69 Å². The molecule has 0 aromatic heterocycles. The number of anilines is 1. The zero-order chi connectivity index (χ0) is 13.0. The predicted octanol–water partition coefficient (Wildman–Crippen LogP) is 3.11. The number of hydrogen-bond donors (Lipinski definition) is 1. The van der Waals surface area contributed by atoms with Gasteiger partial charge in [-0.25, -0.2) is 0 Å². The van der Waals surface area contributed by atoms with Crippen molar-refractivity contribution in [2.75, 3.05) is 19.0 Å². The highest BCUT2D eigenvalue weighted by atomic mass is 79.9. The quantitative estimate of drug-likeness (QED) is 0.670. The molecule has 17 heavy (non-hydrogen) atoms. The van der Waals surface area contributed by atoms with Crippen LogP contribution >= 0.6 is 15.9 Å². The first kappa shape index (κ1) is 13.9. The fourth-order valence-corrected chi connectivity index (χ4v) is 1.81. The average molecular weight is 303 g/mol. The Kier molecular flexibility index (Phi) is 4.89. The number of nitro benzene ring substituents is 1. The van der Waals surface area contributed by atoms with Gasteiger partial charge in [-0.15, -0.1) is 0 Å². The van der Waals surface area contributed by atoms with E-state index in [0.717, 1.165) is 5.69 Å². The topological polar surface area (TPSA) is 64.4 Å². The zero-order valence-electron chi connectivity index (χ0n) is 9.99. The van der Waals surface area contributed by atoms with E-state index in [2.05, 4.69) is 21.2 Å². The fourth-order valence-electron chi connectivity index (χ4n) is 1.34. The summed E-state index contributed by atoms with van der Waals surface area (Å²) in [6.07, 6.45) is 0.0809. The van der Waals surface area contributed by atoms with Crippen LogP contribution in [0, 0.1) is 17.0 Å². The van der Waals surface area contributed by atoms with E-state index < -0.39 is 0 Å². The average Bonchev–Trinajstić information content (AvgIpc) is 2.28. The van der Waals surface area contributed by atoms with Crippen LogP contribution in [-0.4, -0.2) is 24.7 Å². The van der Waals surface area contributed by atoms with E-state index in [1.54, 1.807) is 20.1 Å². The molecule has 6 heteroatoms. The molecule has 5 nitrogen and oxygen atoms in total. The Morgan fingerprint density at radius 1 is 1.59 bits per heavy atom. The highest BCUT2D eigenvalue weighted by Gasteiger charge is 2.14. The molecule has 0 saturated heterocycles. The van der Waals surface area contributed by atoms with E-state index in [1.165, 1.54) is 6.07 Å². The second kappa shape index (κ2) is 5.97. The van der Waals surface area contributed by atoms with Crippen molar-refractivity contribution in [3.8, 4) is 0 Å². The number of aryl methyl sites for hydroxylation is 1. The first-order chi connectivity index (χ1) is 7.95. The smallest absolute Gasteiger partial charge is 0.273 e. The molecule has 0 bridgehead atoms. The number of rotatable bonds is 5. The summed E-state index contributed by atoms with van der Waals surface area (Å²) in [7, 11) is 1.64. The highest BCUT2D eigenvalue weighted by Crippen LogP contribution is 2.30. The Morgan fingerprint density at radius 2 is 2.24 bits per heavy atom. The van der Waals surface area contributed by atoms with E-state index in [1.807, 2.05) is 6.92 Å². The van der Waals surface area contributed by atoms with E-state index >= 15 is 0 Å². The van der Waals surface area contributed by atoms with Crippen LogP contribution in [0.1, 0.15) is 12.5 Å². The molecule has 0 radical (unpaired) electrons. The Morgan fingerprint density at radius 3 is 2.76 bits per heavy atom. The van der Waals surface area contributed by atoms with Gasteiger partial charge in [-0.3, -0.25) is 10.1 Å². The highest BCUT2D eigenvalue weighted by molar-refractivity contribution is 9.10. The Labute approximate surface area is 108 Å². The SMILES string of the molecule is COC(C)CNc1cc(C)c([N+](=O)[O-])cc1Br. The minimum absolute atomic E-state index is 0.0809. The van der Waals surface area contributed by atoms with Crippen molar-refractivity contribution in [2.24, 2.45) is 0 Å². The Bertz CT molecular complexity index is 423. The number of nitrogens with zero attached hydrogens (tertiary/aromatic N) is 1. The lowest BCUT2D eigenvalue weighted by atomic mass is 10.2. The van der Waals surface area contributed by atoms with Crippen LogP contribution in [0.25, 0.3) is 0 Å². The third-order valence-electron chi connectivity index (χ3n) is 2.46. The van der Waals surface area contributed by atoms with Crippen molar-refractivity contribution >= 4 is 27.3 Å². The third kappa shape index (κ3) is 3.67. The predicted molar refractivity (Wildman–Crippen MR) is 70.5 cm³/mol. The van der Waals surface area contributed by atoms with Crippen molar-refractivity contribution in [3.63, 3.8) is 0 Å². The molecule has 1 N–H and O–H groups in total. The molecule has 1 unspecified atom stereocenters. The summed E-state index contributed by atoms with van der Waals surface area (Å²) in [6, 6.07) is 3.26. The molecular weight excluding hydrogens is 288 g/mol. The summed E-state index contributed by atoms with van der Waals surface area (Å²) in [5.74, 6) is 0. The van der Waals surface area contributed by atoms with Crippen LogP contribution in [-0.2, 0) is 4.74 Å². The minimum Gasteiger partial charge on any atom is -0.382 e. The molecule has 1 aromatic carbocycles. The summed E-state index contributed by atoms with van der Waals surface area (Å²) in [5.41, 5.74) is 1.57. The normalized spacial score (nSPS) is 12.2. The largest absolute Gasteiger partial charge is 0.382 e. The molecule has 1 atom stereocenters. The van der Waals surface area contributed by atoms with E-state index in [-0.39, 0.29) is 16.7 Å². The number of methoxy groups -OCH3 is 1. The number of ether oxygens (including phenoxy) is 1. The van der Waals surface area contributed by atoms with Crippen molar-refractivity contribution < 1.29 is 9.66 Å². The van der Waals surface area contributed by atoms with Gasteiger partial charge in [-0.05, 0) is 35.8 Å². The first-order valence-electron chi connectivity index (χ1n) is 5.17. The minimum atomic E-state index is -0.387. The standard InChI is InChI=1S/C11H15BrN2O3/c1-7-4-10(13-6-8(2)17-3)9(12)5-11(7)14(15)16/h4-5,8,13H,6H2,1-3H3. The van der Waals surface area contributed by atoms with Crippen LogP contribution in [0.3, 0.4) is 0 Å². The first-order valence-corrected chi connectivity index (χ1v) is 5.96. The van der Waals surface area contributed by atoms with Crippen molar-refractivity contribution in [2.45, 2.75) is 20.0 Å². The summed E-state index contributed by atoms with van der Waals surface area (Å²) < 4.78 is 5.80. The van der Waals surface area contributed by atoms with Crippen molar-refractivity contribution in [1.29, 1.82) is 0 Å². The van der Waals surface area contributed by atoms with Crippen LogP contribution in [0.4, 0.5) is 11.4 Å². The lowest BCUT2D eigenvalue weighted by molar-refractivity contribution is -0.385. The van der Waals surface area contributed by atoms with Gasteiger partial charge in [-0.2, -0.15) is 0 Å². The molecule has 0 spiro atoms. The number of hydrogen-bond acceptors (Lipinski definition) is 4. The summed E-state index contributed by atoms with van der Waals surface area (Å²) in [5, 5.41) is 13.9. The van der Waals surface area contributed by atoms with E-state index in [4.69, 9.17) is 4.74 Å². The molecule has 1 aromatic rings. The molecule has 0 saturated carbocycles. The third-order valence-corrected chi connectivity index (χ3v) is 3.12. The van der Waals surface area contributed by atoms with Gasteiger partial charge in [0, 0.05) is 35.4 Å². The maximum atomic E-state index is 10.7. The van der Waals surface area contributed by atoms with Crippen LogP contribution in [0.15, 0.2) is 16.6 Å². The zero-order valence-corrected chi connectivity index (χ0v) is 11.6. The van der Waals surface area contributed by atoms with Gasteiger partial charge in [0.15, 0.2) is 0 Å². The number of halogens is 1. The molecule has 0 aliphatic rings. The number of nitro groups is 1. The van der Waals surface area contributed by atoms with Gasteiger partial charge < -0.3 is 10.1 Å². The summed E-state index contributed by atoms with van der Waals surface area (Å²) >= 11 is 3.31. The molecule has 0 aliphatic heterocycles. The number of nitrogens with one attached hydrogen (secondary N) is 1. The molecule has 0 amide bonds. The second-order valence-corrected chi connectivity index (χ2v) is 4.66. The van der Waals surface area contributed by atoms with E-state index in [9.17, 15) is 10.1 Å². The van der Waals surface area contributed by atoms with Crippen LogP contribution in [0.2, 0.25) is 0 Å². The molecule has 0 aliphatic carbocycles. The lowest BCUT2D eigenvalue weighted by Gasteiger charge is -2.13. The van der Waals surface area contributed by atoms with Gasteiger partial charge in [0.1, 0.15) is 0 Å².